The van der Waals surface area contributed by atoms with E-state index >= 15 is 0 Å². The molecule has 2 heteroatoms. The van der Waals surface area contributed by atoms with Gasteiger partial charge in [-0.05, 0) is 37.8 Å². The van der Waals surface area contributed by atoms with E-state index in [1.165, 1.54) is 6.42 Å². The standard InChI is InChI=1S/C15H19NO/c1-13(12-14-8-4-2-5-9-14)15(17)16-10-6-3-7-11-16/h2,4-5,8-9,12H,3,6-7,10-11H2,1H3/b13-12-. The minimum absolute atomic E-state index is 0.188. The lowest BCUT2D eigenvalue weighted by molar-refractivity contribution is -0.127. The zero-order chi connectivity index (χ0) is 12.1. The molecule has 2 rings (SSSR count). The number of piperidine rings is 1. The van der Waals surface area contributed by atoms with Gasteiger partial charge in [0.15, 0.2) is 0 Å². The molecule has 0 saturated carbocycles. The summed E-state index contributed by atoms with van der Waals surface area (Å²) in [6, 6.07) is 10.0. The molecule has 1 heterocycles. The number of benzene rings is 1. The van der Waals surface area contributed by atoms with Crippen LogP contribution in [0.5, 0.6) is 0 Å². The molecule has 1 aromatic carbocycles. The van der Waals surface area contributed by atoms with E-state index in [1.807, 2.05) is 48.2 Å². The first kappa shape index (κ1) is 11.9. The maximum absolute atomic E-state index is 12.2. The Labute approximate surface area is 103 Å². The number of amides is 1. The molecule has 1 amide bonds. The normalized spacial score (nSPS) is 17.0. The monoisotopic (exact) mass is 229 g/mol. The van der Waals surface area contributed by atoms with Crippen LogP contribution in [-0.2, 0) is 4.79 Å². The highest BCUT2D eigenvalue weighted by atomic mass is 16.2. The fraction of sp³-hybridized carbons (Fsp3) is 0.400. The number of nitrogens with zero attached hydrogens (tertiary/aromatic N) is 1. The molecule has 0 atom stereocenters. The number of rotatable bonds is 2. The van der Waals surface area contributed by atoms with Crippen LogP contribution in [0, 0.1) is 0 Å². The zero-order valence-corrected chi connectivity index (χ0v) is 10.4. The van der Waals surface area contributed by atoms with Gasteiger partial charge in [0.2, 0.25) is 5.91 Å². The summed E-state index contributed by atoms with van der Waals surface area (Å²) in [5.41, 5.74) is 1.92. The fourth-order valence-electron chi connectivity index (χ4n) is 2.21. The molecule has 1 saturated heterocycles. The molecule has 1 aromatic rings. The molecule has 0 aromatic heterocycles. The maximum Gasteiger partial charge on any atom is 0.249 e. The summed E-state index contributed by atoms with van der Waals surface area (Å²) < 4.78 is 0. The number of carbonyl (C=O) groups excluding carboxylic acids is 1. The summed E-state index contributed by atoms with van der Waals surface area (Å²) >= 11 is 0. The Morgan fingerprint density at radius 3 is 2.41 bits per heavy atom. The predicted molar refractivity (Wildman–Crippen MR) is 70.5 cm³/mol. The summed E-state index contributed by atoms with van der Waals surface area (Å²) in [6.45, 7) is 3.74. The van der Waals surface area contributed by atoms with Crippen molar-refractivity contribution in [1.82, 2.24) is 4.90 Å². The van der Waals surface area contributed by atoms with E-state index in [0.29, 0.717) is 0 Å². The van der Waals surface area contributed by atoms with Crippen LogP contribution >= 0.6 is 0 Å². The molecule has 90 valence electrons. The van der Waals surface area contributed by atoms with E-state index in [9.17, 15) is 4.79 Å². The fourth-order valence-corrected chi connectivity index (χ4v) is 2.21. The lowest BCUT2D eigenvalue weighted by Crippen LogP contribution is -2.36. The lowest BCUT2D eigenvalue weighted by Gasteiger charge is -2.27. The molecule has 0 N–H and O–H groups in total. The van der Waals surface area contributed by atoms with E-state index in [2.05, 4.69) is 0 Å². The van der Waals surface area contributed by atoms with Crippen molar-refractivity contribution in [3.63, 3.8) is 0 Å². The molecule has 0 unspecified atom stereocenters. The molecule has 0 radical (unpaired) electrons. The first-order valence-corrected chi connectivity index (χ1v) is 6.30. The van der Waals surface area contributed by atoms with Crippen LogP contribution in [0.1, 0.15) is 31.7 Å². The van der Waals surface area contributed by atoms with Gasteiger partial charge in [-0.2, -0.15) is 0 Å². The summed E-state index contributed by atoms with van der Waals surface area (Å²) in [6.07, 6.45) is 5.51. The SMILES string of the molecule is C/C(=C/c1ccccc1)C(=O)N1CCCCC1. The van der Waals surface area contributed by atoms with Crippen LogP contribution in [0.4, 0.5) is 0 Å². The first-order valence-electron chi connectivity index (χ1n) is 6.30. The Kier molecular flexibility index (Phi) is 3.97. The van der Waals surface area contributed by atoms with Gasteiger partial charge in [-0.3, -0.25) is 4.79 Å². The zero-order valence-electron chi connectivity index (χ0n) is 10.4. The van der Waals surface area contributed by atoms with Gasteiger partial charge in [-0.15, -0.1) is 0 Å². The summed E-state index contributed by atoms with van der Waals surface area (Å²) in [4.78, 5) is 14.1. The quantitative estimate of drug-likeness (QED) is 0.714. The second-order valence-electron chi connectivity index (χ2n) is 4.59. The molecular formula is C15H19NO. The van der Waals surface area contributed by atoms with Gasteiger partial charge in [0.1, 0.15) is 0 Å². The van der Waals surface area contributed by atoms with Crippen LogP contribution in [0.3, 0.4) is 0 Å². The molecule has 0 spiro atoms. The largest absolute Gasteiger partial charge is 0.339 e. The summed E-state index contributed by atoms with van der Waals surface area (Å²) in [5.74, 6) is 0.188. The van der Waals surface area contributed by atoms with Gasteiger partial charge in [0.25, 0.3) is 0 Å². The second-order valence-corrected chi connectivity index (χ2v) is 4.59. The van der Waals surface area contributed by atoms with Crippen LogP contribution in [0.2, 0.25) is 0 Å². The molecule has 1 aliphatic heterocycles. The minimum atomic E-state index is 0.188. The van der Waals surface area contributed by atoms with Crippen LogP contribution in [0.15, 0.2) is 35.9 Å². The van der Waals surface area contributed by atoms with Gasteiger partial charge >= 0.3 is 0 Å². The van der Waals surface area contributed by atoms with Crippen molar-refractivity contribution < 1.29 is 4.79 Å². The van der Waals surface area contributed by atoms with Gasteiger partial charge in [-0.1, -0.05) is 30.3 Å². The third kappa shape index (κ3) is 3.19. The molecule has 1 fully saturated rings. The van der Waals surface area contributed by atoms with Crippen molar-refractivity contribution in [2.45, 2.75) is 26.2 Å². The van der Waals surface area contributed by atoms with Crippen molar-refractivity contribution in [2.24, 2.45) is 0 Å². The average Bonchev–Trinajstić information content (AvgIpc) is 2.40. The maximum atomic E-state index is 12.2. The highest BCUT2D eigenvalue weighted by Crippen LogP contribution is 2.14. The molecule has 1 aliphatic rings. The van der Waals surface area contributed by atoms with Crippen molar-refractivity contribution in [2.75, 3.05) is 13.1 Å². The van der Waals surface area contributed by atoms with E-state index in [-0.39, 0.29) is 5.91 Å². The smallest absolute Gasteiger partial charge is 0.249 e. The minimum Gasteiger partial charge on any atom is -0.339 e. The van der Waals surface area contributed by atoms with Gasteiger partial charge in [0, 0.05) is 18.7 Å². The Bertz CT molecular complexity index is 402. The Hall–Kier alpha value is -1.57. The third-order valence-corrected chi connectivity index (χ3v) is 3.16. The Morgan fingerprint density at radius 1 is 1.12 bits per heavy atom. The molecular weight excluding hydrogens is 210 g/mol. The lowest BCUT2D eigenvalue weighted by atomic mass is 10.1. The van der Waals surface area contributed by atoms with Gasteiger partial charge < -0.3 is 4.90 Å². The van der Waals surface area contributed by atoms with Gasteiger partial charge in [-0.25, -0.2) is 0 Å². The van der Waals surface area contributed by atoms with E-state index < -0.39 is 0 Å². The number of likely N-dealkylation sites (tertiary alicyclic amines) is 1. The molecule has 2 nitrogen and oxygen atoms in total. The summed E-state index contributed by atoms with van der Waals surface area (Å²) in [5, 5.41) is 0. The van der Waals surface area contributed by atoms with Crippen LogP contribution in [0.25, 0.3) is 6.08 Å². The topological polar surface area (TPSA) is 20.3 Å². The van der Waals surface area contributed by atoms with Crippen molar-refractivity contribution in [1.29, 1.82) is 0 Å². The van der Waals surface area contributed by atoms with Crippen molar-refractivity contribution in [3.05, 3.63) is 41.5 Å². The Morgan fingerprint density at radius 2 is 1.76 bits per heavy atom. The van der Waals surface area contributed by atoms with Crippen LogP contribution < -0.4 is 0 Å². The molecule has 0 aliphatic carbocycles. The molecule has 0 bridgehead atoms. The second kappa shape index (κ2) is 5.67. The van der Waals surface area contributed by atoms with Crippen molar-refractivity contribution >= 4 is 12.0 Å². The van der Waals surface area contributed by atoms with Crippen molar-refractivity contribution in [3.8, 4) is 0 Å². The van der Waals surface area contributed by atoms with E-state index in [1.54, 1.807) is 0 Å². The highest BCUT2D eigenvalue weighted by molar-refractivity contribution is 5.97. The summed E-state index contributed by atoms with van der Waals surface area (Å²) in [7, 11) is 0. The number of hydrogen-bond donors (Lipinski definition) is 0. The van der Waals surface area contributed by atoms with E-state index in [4.69, 9.17) is 0 Å². The highest BCUT2D eigenvalue weighted by Gasteiger charge is 2.17. The number of carbonyl (C=O) groups is 1. The van der Waals surface area contributed by atoms with Gasteiger partial charge in [0.05, 0.1) is 0 Å². The third-order valence-electron chi connectivity index (χ3n) is 3.16. The number of hydrogen-bond acceptors (Lipinski definition) is 1. The van der Waals surface area contributed by atoms with E-state index in [0.717, 1.165) is 37.1 Å². The van der Waals surface area contributed by atoms with Crippen LogP contribution in [-0.4, -0.2) is 23.9 Å². The molecule has 17 heavy (non-hydrogen) atoms. The predicted octanol–water partition coefficient (Wildman–Crippen LogP) is 3.10. The first-order chi connectivity index (χ1) is 8.27. The Balaban J connectivity index is 2.06. The average molecular weight is 229 g/mol.